The number of amides is 1. The molecule has 4 aliphatic rings. The number of esters is 1. The summed E-state index contributed by atoms with van der Waals surface area (Å²) in [6.45, 7) is 0. The van der Waals surface area contributed by atoms with Gasteiger partial charge in [-0.3, -0.25) is 24.1 Å². The van der Waals surface area contributed by atoms with E-state index < -0.39 is 87.5 Å². The highest BCUT2D eigenvalue weighted by atomic mass is 35.5. The number of benzene rings is 2. The Kier molecular flexibility index (Phi) is 8.44. The van der Waals surface area contributed by atoms with E-state index in [-0.39, 0.29) is 17.7 Å². The van der Waals surface area contributed by atoms with Gasteiger partial charge in [-0.25, -0.2) is 0 Å². The minimum absolute atomic E-state index is 0.135. The smallest absolute Gasteiger partial charge is 0.309 e. The number of ketones is 2. The second kappa shape index (κ2) is 12.1. The van der Waals surface area contributed by atoms with Gasteiger partial charge in [0.05, 0.1) is 23.4 Å². The number of aromatic hydroxyl groups is 1. The van der Waals surface area contributed by atoms with Crippen molar-refractivity contribution in [2.75, 3.05) is 14.1 Å². The maximum Gasteiger partial charge on any atom is 0.309 e. The Hall–Kier alpha value is -4.19. The van der Waals surface area contributed by atoms with Crippen LogP contribution in [0.4, 0.5) is 0 Å². The summed E-state index contributed by atoms with van der Waals surface area (Å²) in [6.07, 6.45) is 2.45. The van der Waals surface area contributed by atoms with Gasteiger partial charge in [0, 0.05) is 16.5 Å². The van der Waals surface area contributed by atoms with Gasteiger partial charge in [-0.15, -0.1) is 0 Å². The van der Waals surface area contributed by atoms with Crippen LogP contribution in [-0.4, -0.2) is 80.6 Å². The number of hydrogen-bond donors (Lipinski definition) is 5. The van der Waals surface area contributed by atoms with E-state index in [0.29, 0.717) is 23.4 Å². The Morgan fingerprint density at radius 1 is 1.02 bits per heavy atom. The number of carbonyl (C=O) groups is 4. The van der Waals surface area contributed by atoms with Gasteiger partial charge in [0.2, 0.25) is 5.78 Å². The van der Waals surface area contributed by atoms with Crippen LogP contribution in [0.25, 0.3) is 0 Å². The minimum atomic E-state index is -3.00. The van der Waals surface area contributed by atoms with Gasteiger partial charge in [0.15, 0.2) is 11.4 Å². The summed E-state index contributed by atoms with van der Waals surface area (Å²) in [4.78, 5) is 56.3. The van der Waals surface area contributed by atoms with Gasteiger partial charge in [-0.05, 0) is 68.6 Å². The van der Waals surface area contributed by atoms with Crippen LogP contribution < -0.4 is 5.73 Å². The zero-order chi connectivity index (χ0) is 33.9. The first-order valence-corrected chi connectivity index (χ1v) is 16.1. The van der Waals surface area contributed by atoms with Crippen molar-refractivity contribution < 1.29 is 44.3 Å². The monoisotopic (exact) mass is 664 g/mol. The fourth-order valence-electron chi connectivity index (χ4n) is 8.20. The van der Waals surface area contributed by atoms with E-state index in [9.17, 15) is 39.6 Å². The number of phenols is 1. The molecule has 0 bridgehead atoms. The molecule has 12 heteroatoms. The predicted molar refractivity (Wildman–Crippen MR) is 170 cm³/mol. The van der Waals surface area contributed by atoms with Crippen molar-refractivity contribution in [3.05, 3.63) is 86.8 Å². The number of carbonyl (C=O) groups excluding carboxylic acids is 4. The van der Waals surface area contributed by atoms with Crippen molar-refractivity contribution in [2.45, 2.75) is 62.2 Å². The van der Waals surface area contributed by atoms with Crippen LogP contribution >= 0.6 is 11.6 Å². The SMILES string of the molecule is CN(C)[C@@H]1C(O)=C(C(N)=O)C(=O)[C@@]2(O)C(O)=C3C(=O)c4c(O)cccc4C(Cc4ccc(Cl)cc4)[C@H]3[C@H](OC(=O)C3CCCCC3)[C@@H]12. The molecule has 2 aromatic carbocycles. The molecule has 248 valence electrons. The maximum absolute atomic E-state index is 14.4. The topological polar surface area (TPSA) is 188 Å². The molecule has 6 atom stereocenters. The Morgan fingerprint density at radius 3 is 2.30 bits per heavy atom. The Balaban J connectivity index is 1.64. The summed E-state index contributed by atoms with van der Waals surface area (Å²) in [5.74, 6) is -10.3. The molecule has 0 heterocycles. The van der Waals surface area contributed by atoms with Crippen molar-refractivity contribution in [1.82, 2.24) is 4.90 Å². The molecule has 4 aliphatic carbocycles. The van der Waals surface area contributed by atoms with Gasteiger partial charge >= 0.3 is 5.97 Å². The lowest BCUT2D eigenvalue weighted by molar-refractivity contribution is -0.184. The van der Waals surface area contributed by atoms with Crippen molar-refractivity contribution in [3.63, 3.8) is 0 Å². The average Bonchev–Trinajstić information content (AvgIpc) is 3.03. The summed E-state index contributed by atoms with van der Waals surface area (Å²) in [5.41, 5.74) is 2.20. The molecule has 2 aromatic rings. The first-order valence-electron chi connectivity index (χ1n) is 15.7. The molecule has 0 aliphatic heterocycles. The third kappa shape index (κ3) is 5.12. The zero-order valence-electron chi connectivity index (χ0n) is 26.0. The molecule has 11 nitrogen and oxygen atoms in total. The molecule has 0 saturated heterocycles. The van der Waals surface area contributed by atoms with E-state index in [1.807, 2.05) is 0 Å². The number of nitrogens with zero attached hydrogens (tertiary/aromatic N) is 1. The lowest BCUT2D eigenvalue weighted by Crippen LogP contribution is -2.69. The first-order chi connectivity index (χ1) is 22.3. The van der Waals surface area contributed by atoms with E-state index in [4.69, 9.17) is 22.1 Å². The van der Waals surface area contributed by atoms with Crippen molar-refractivity contribution in [3.8, 4) is 5.75 Å². The molecule has 47 heavy (non-hydrogen) atoms. The molecule has 1 unspecified atom stereocenters. The summed E-state index contributed by atoms with van der Waals surface area (Å²) < 4.78 is 6.33. The van der Waals surface area contributed by atoms with Crippen LogP contribution in [-0.2, 0) is 25.5 Å². The Bertz CT molecular complexity index is 1730. The van der Waals surface area contributed by atoms with E-state index >= 15 is 0 Å². The van der Waals surface area contributed by atoms with Gasteiger partial charge in [0.25, 0.3) is 5.91 Å². The predicted octanol–water partition coefficient (Wildman–Crippen LogP) is 3.66. The maximum atomic E-state index is 14.4. The number of aliphatic hydroxyl groups is 3. The van der Waals surface area contributed by atoms with Gasteiger partial charge < -0.3 is 30.9 Å². The number of ether oxygens (including phenoxy) is 1. The van der Waals surface area contributed by atoms with Crippen LogP contribution in [0.3, 0.4) is 0 Å². The third-order valence-electron chi connectivity index (χ3n) is 10.3. The minimum Gasteiger partial charge on any atom is -0.510 e. The molecule has 6 rings (SSSR count). The van der Waals surface area contributed by atoms with Gasteiger partial charge in [-0.1, -0.05) is 55.1 Å². The number of aliphatic hydroxyl groups excluding tert-OH is 2. The van der Waals surface area contributed by atoms with E-state index in [1.165, 1.54) is 25.1 Å². The lowest BCUT2D eigenvalue weighted by Gasteiger charge is -2.54. The second-order valence-electron chi connectivity index (χ2n) is 13.2. The molecular weight excluding hydrogens is 628 g/mol. The number of likely N-dealkylation sites (N-methyl/N-ethyl adjacent to an activating group) is 1. The number of halogens is 1. The summed E-state index contributed by atoms with van der Waals surface area (Å²) >= 11 is 6.16. The average molecular weight is 665 g/mol. The normalized spacial score (nSPS) is 29.3. The number of fused-ring (bicyclic) bond motifs is 3. The number of phenolic OH excluding ortho intramolecular Hbond substituents is 1. The number of rotatable bonds is 6. The molecule has 0 radical (unpaired) electrons. The molecule has 0 spiro atoms. The van der Waals surface area contributed by atoms with E-state index in [2.05, 4.69) is 0 Å². The Labute approximate surface area is 276 Å². The van der Waals surface area contributed by atoms with Crippen molar-refractivity contribution >= 4 is 35.0 Å². The highest BCUT2D eigenvalue weighted by molar-refractivity contribution is 6.30. The summed E-state index contributed by atoms with van der Waals surface area (Å²) in [6, 6.07) is 10.2. The fraction of sp³-hybridized carbons (Fsp3) is 0.429. The van der Waals surface area contributed by atoms with Gasteiger partial charge in [-0.2, -0.15) is 0 Å². The van der Waals surface area contributed by atoms with Crippen molar-refractivity contribution in [2.24, 2.45) is 23.5 Å². The Morgan fingerprint density at radius 2 is 1.68 bits per heavy atom. The number of primary amides is 1. The third-order valence-corrected chi connectivity index (χ3v) is 10.6. The number of hydrogen-bond acceptors (Lipinski definition) is 10. The highest BCUT2D eigenvalue weighted by Gasteiger charge is 2.69. The zero-order valence-corrected chi connectivity index (χ0v) is 26.7. The standard InChI is InChI=1S/C35H37ClN2O9/c1-38(2)27-26-30(47-34(45)17-7-4-3-5-8-17)23-20(15-16-11-13-18(36)14-12-16)19-9-6-10-21(39)22(19)28(40)24(23)31(42)35(26,46)32(43)25(29(27)41)33(37)44/h6,9-14,17,20,23,26-27,30,39,41-42,46H,3-5,7-8,15H2,1-2H3,(H2,37,44)/t20?,23-,26-,27+,30+,35+/m1/s1. The largest absolute Gasteiger partial charge is 0.510 e. The quantitative estimate of drug-likeness (QED) is 0.225. The highest BCUT2D eigenvalue weighted by Crippen LogP contribution is 2.57. The molecule has 1 saturated carbocycles. The fourth-order valence-corrected chi connectivity index (χ4v) is 8.33. The first kappa shape index (κ1) is 32.7. The molecule has 1 fully saturated rings. The molecule has 0 aromatic heterocycles. The number of Topliss-reactive ketones (excluding diaryl/α,β-unsaturated/α-hetero) is 2. The van der Waals surface area contributed by atoms with E-state index in [0.717, 1.165) is 24.8 Å². The second-order valence-corrected chi connectivity index (χ2v) is 13.6. The van der Waals surface area contributed by atoms with Crippen LogP contribution in [0.5, 0.6) is 5.75 Å². The summed E-state index contributed by atoms with van der Waals surface area (Å²) in [5, 5.41) is 47.2. The van der Waals surface area contributed by atoms with Crippen molar-refractivity contribution in [1.29, 1.82) is 0 Å². The summed E-state index contributed by atoms with van der Waals surface area (Å²) in [7, 11) is 3.05. The molecular formula is C35H37ClN2O9. The van der Waals surface area contributed by atoms with Crippen LogP contribution in [0.15, 0.2) is 65.1 Å². The van der Waals surface area contributed by atoms with E-state index in [1.54, 1.807) is 36.4 Å². The molecule has 6 N–H and O–H groups in total. The molecule has 1 amide bonds. The van der Waals surface area contributed by atoms with Crippen LogP contribution in [0, 0.1) is 17.8 Å². The number of nitrogens with two attached hydrogens (primary N) is 1. The van der Waals surface area contributed by atoms with Crippen LogP contribution in [0.2, 0.25) is 5.02 Å². The lowest BCUT2D eigenvalue weighted by atomic mass is 9.54. The van der Waals surface area contributed by atoms with Crippen LogP contribution in [0.1, 0.15) is 59.5 Å². The van der Waals surface area contributed by atoms with Gasteiger partial charge in [0.1, 0.15) is 28.9 Å².